The molecule has 0 aliphatic heterocycles. The molecule has 0 radical (unpaired) electrons. The molecule has 5 nitrogen and oxygen atoms in total. The average Bonchev–Trinajstić information content (AvgIpc) is 2.32. The fourth-order valence-corrected chi connectivity index (χ4v) is 1.73. The number of carbonyl (C=O) groups is 1. The number of aliphatic carboxylic acids is 1. The molecular formula is C7H9N3O2S. The summed E-state index contributed by atoms with van der Waals surface area (Å²) in [5.41, 5.74) is 0. The molecule has 2 rings (SSSR count). The molecule has 1 aliphatic carbocycles. The first-order valence-corrected chi connectivity index (χ1v) is 4.46. The molecule has 0 saturated heterocycles. The molecule has 1 aliphatic rings. The maximum atomic E-state index is 10.7. The first kappa shape index (κ1) is 8.43. The number of H-pyrrole nitrogens is 2. The lowest BCUT2D eigenvalue weighted by molar-refractivity contribution is -0.145. The number of carboxylic acids is 1. The van der Waals surface area contributed by atoms with E-state index in [0.29, 0.717) is 10.6 Å². The van der Waals surface area contributed by atoms with Crippen LogP contribution in [0.4, 0.5) is 0 Å². The molecule has 0 amide bonds. The minimum atomic E-state index is -0.751. The van der Waals surface area contributed by atoms with E-state index in [2.05, 4.69) is 15.2 Å². The van der Waals surface area contributed by atoms with Crippen molar-refractivity contribution in [2.75, 3.05) is 0 Å². The van der Waals surface area contributed by atoms with Gasteiger partial charge in [-0.25, -0.2) is 4.98 Å². The Morgan fingerprint density at radius 1 is 1.54 bits per heavy atom. The van der Waals surface area contributed by atoms with Gasteiger partial charge in [0.05, 0.1) is 5.92 Å². The molecule has 70 valence electrons. The second kappa shape index (κ2) is 2.95. The minimum absolute atomic E-state index is 0.00505. The summed E-state index contributed by atoms with van der Waals surface area (Å²) in [5, 5.41) is 14.2. The fraction of sp³-hybridized carbons (Fsp3) is 0.571. The Kier molecular flexibility index (Phi) is 1.91. The van der Waals surface area contributed by atoms with E-state index in [0.717, 1.165) is 12.8 Å². The van der Waals surface area contributed by atoms with E-state index in [4.69, 9.17) is 17.3 Å². The molecule has 1 saturated carbocycles. The van der Waals surface area contributed by atoms with Crippen LogP contribution in [0.15, 0.2) is 0 Å². The number of aromatic amines is 2. The van der Waals surface area contributed by atoms with Crippen LogP contribution in [-0.4, -0.2) is 26.3 Å². The molecule has 6 heteroatoms. The predicted molar refractivity (Wildman–Crippen MR) is 46.9 cm³/mol. The summed E-state index contributed by atoms with van der Waals surface area (Å²) in [5.74, 6) is -0.374. The van der Waals surface area contributed by atoms with E-state index in [9.17, 15) is 4.79 Å². The van der Waals surface area contributed by atoms with Crippen LogP contribution in [0.2, 0.25) is 0 Å². The van der Waals surface area contributed by atoms with Gasteiger partial charge in [0.1, 0.15) is 5.82 Å². The van der Waals surface area contributed by atoms with Crippen LogP contribution < -0.4 is 0 Å². The summed E-state index contributed by atoms with van der Waals surface area (Å²) in [6, 6.07) is 0. The summed E-state index contributed by atoms with van der Waals surface area (Å²) in [7, 11) is 0. The molecular weight excluding hydrogens is 190 g/mol. The Morgan fingerprint density at radius 2 is 2.31 bits per heavy atom. The Hall–Kier alpha value is -1.17. The molecule has 1 aromatic heterocycles. The van der Waals surface area contributed by atoms with Gasteiger partial charge in [-0.1, -0.05) is 0 Å². The van der Waals surface area contributed by atoms with Gasteiger partial charge in [0, 0.05) is 5.92 Å². The van der Waals surface area contributed by atoms with Gasteiger partial charge in [-0.05, 0) is 25.1 Å². The van der Waals surface area contributed by atoms with Crippen LogP contribution in [0.3, 0.4) is 0 Å². The van der Waals surface area contributed by atoms with Crippen molar-refractivity contribution in [3.8, 4) is 0 Å². The molecule has 1 heterocycles. The van der Waals surface area contributed by atoms with E-state index in [-0.39, 0.29) is 11.8 Å². The van der Waals surface area contributed by atoms with Crippen LogP contribution in [0.25, 0.3) is 0 Å². The van der Waals surface area contributed by atoms with Gasteiger partial charge in [0.15, 0.2) is 0 Å². The molecule has 0 spiro atoms. The van der Waals surface area contributed by atoms with Gasteiger partial charge in [-0.3, -0.25) is 15.0 Å². The highest BCUT2D eigenvalue weighted by atomic mass is 32.1. The van der Waals surface area contributed by atoms with Crippen molar-refractivity contribution in [1.82, 2.24) is 15.2 Å². The minimum Gasteiger partial charge on any atom is -0.481 e. The quantitative estimate of drug-likeness (QED) is 0.622. The Morgan fingerprint density at radius 3 is 2.69 bits per heavy atom. The lowest BCUT2D eigenvalue weighted by atomic mass is 9.73. The lowest BCUT2D eigenvalue weighted by Crippen LogP contribution is -2.31. The molecule has 0 aromatic carbocycles. The molecule has 0 bridgehead atoms. The van der Waals surface area contributed by atoms with Crippen LogP contribution in [0.1, 0.15) is 24.6 Å². The maximum Gasteiger partial charge on any atom is 0.307 e. The van der Waals surface area contributed by atoms with Crippen molar-refractivity contribution in [2.24, 2.45) is 5.92 Å². The number of nitrogens with one attached hydrogen (secondary N) is 2. The third kappa shape index (κ3) is 1.37. The standard InChI is InChI=1S/C7H9N3O2S/c11-6(12)4-2-1-3(4)5-8-7(13)10-9-5/h3-4H,1-2H2,(H,11,12)(H2,8,9,10,13)/t3-,4+/m0/s1. The Balaban J connectivity index is 2.19. The smallest absolute Gasteiger partial charge is 0.307 e. The van der Waals surface area contributed by atoms with Gasteiger partial charge in [0.25, 0.3) is 0 Å². The average molecular weight is 199 g/mol. The van der Waals surface area contributed by atoms with Crippen molar-refractivity contribution in [1.29, 1.82) is 0 Å². The largest absolute Gasteiger partial charge is 0.481 e. The van der Waals surface area contributed by atoms with Crippen LogP contribution in [0, 0.1) is 10.7 Å². The SMILES string of the molecule is O=C(O)[C@@H]1CC[C@@H]1c1nc(=S)[nH][nH]1. The molecule has 2 atom stereocenters. The number of hydrogen-bond donors (Lipinski definition) is 3. The van der Waals surface area contributed by atoms with Gasteiger partial charge in [-0.2, -0.15) is 0 Å². The van der Waals surface area contributed by atoms with Crippen molar-refractivity contribution in [3.05, 3.63) is 10.6 Å². The first-order chi connectivity index (χ1) is 6.18. The zero-order valence-electron chi connectivity index (χ0n) is 6.78. The zero-order chi connectivity index (χ0) is 9.42. The van der Waals surface area contributed by atoms with Crippen LogP contribution >= 0.6 is 12.2 Å². The van der Waals surface area contributed by atoms with Gasteiger partial charge < -0.3 is 5.11 Å². The third-order valence-corrected chi connectivity index (χ3v) is 2.66. The van der Waals surface area contributed by atoms with Crippen molar-refractivity contribution < 1.29 is 9.90 Å². The molecule has 3 N–H and O–H groups in total. The second-order valence-corrected chi connectivity index (χ2v) is 3.57. The Labute approximate surface area is 79.2 Å². The van der Waals surface area contributed by atoms with Crippen molar-refractivity contribution in [2.45, 2.75) is 18.8 Å². The first-order valence-electron chi connectivity index (χ1n) is 4.06. The highest BCUT2D eigenvalue weighted by Gasteiger charge is 2.39. The van der Waals surface area contributed by atoms with Crippen LogP contribution in [-0.2, 0) is 4.79 Å². The molecule has 1 aromatic rings. The number of nitrogens with zero attached hydrogens (tertiary/aromatic N) is 1. The van der Waals surface area contributed by atoms with Gasteiger partial charge in [-0.15, -0.1) is 0 Å². The summed E-state index contributed by atoms with van der Waals surface area (Å²) < 4.78 is 0.381. The molecule has 13 heavy (non-hydrogen) atoms. The number of aromatic nitrogens is 3. The van der Waals surface area contributed by atoms with Gasteiger partial charge >= 0.3 is 5.97 Å². The van der Waals surface area contributed by atoms with E-state index in [1.165, 1.54) is 0 Å². The summed E-state index contributed by atoms with van der Waals surface area (Å²) in [6.07, 6.45) is 1.60. The van der Waals surface area contributed by atoms with E-state index in [1.807, 2.05) is 0 Å². The summed E-state index contributed by atoms with van der Waals surface area (Å²) in [4.78, 5) is 14.7. The fourth-order valence-electron chi connectivity index (χ4n) is 1.58. The van der Waals surface area contributed by atoms with E-state index in [1.54, 1.807) is 0 Å². The van der Waals surface area contributed by atoms with E-state index < -0.39 is 5.97 Å². The highest BCUT2D eigenvalue weighted by Crippen LogP contribution is 2.40. The third-order valence-electron chi connectivity index (χ3n) is 2.46. The van der Waals surface area contributed by atoms with E-state index >= 15 is 0 Å². The van der Waals surface area contributed by atoms with Gasteiger partial charge in [0.2, 0.25) is 4.77 Å². The number of hydrogen-bond acceptors (Lipinski definition) is 3. The lowest BCUT2D eigenvalue weighted by Gasteiger charge is -2.31. The predicted octanol–water partition coefficient (Wildman–Crippen LogP) is 1.05. The molecule has 1 fully saturated rings. The zero-order valence-corrected chi connectivity index (χ0v) is 7.60. The summed E-state index contributed by atoms with van der Waals surface area (Å²) >= 11 is 4.78. The summed E-state index contributed by atoms with van der Waals surface area (Å²) in [6.45, 7) is 0. The normalized spacial score (nSPS) is 26.8. The van der Waals surface area contributed by atoms with Crippen molar-refractivity contribution in [3.63, 3.8) is 0 Å². The topological polar surface area (TPSA) is 81.8 Å². The number of carboxylic acid groups (broad SMARTS) is 1. The molecule has 0 unspecified atom stereocenters. The monoisotopic (exact) mass is 199 g/mol. The second-order valence-electron chi connectivity index (χ2n) is 3.18. The van der Waals surface area contributed by atoms with Crippen LogP contribution in [0.5, 0.6) is 0 Å². The van der Waals surface area contributed by atoms with Crippen molar-refractivity contribution >= 4 is 18.2 Å². The maximum absolute atomic E-state index is 10.7. The highest BCUT2D eigenvalue weighted by molar-refractivity contribution is 7.71. The Bertz CT molecular complexity index is 383. The number of rotatable bonds is 2.